The van der Waals surface area contributed by atoms with Gasteiger partial charge in [-0.3, -0.25) is 4.79 Å². The summed E-state index contributed by atoms with van der Waals surface area (Å²) in [4.78, 5) is 14.7. The third kappa shape index (κ3) is 3.90. The first kappa shape index (κ1) is 18.4. The van der Waals surface area contributed by atoms with Crippen molar-refractivity contribution in [3.63, 3.8) is 0 Å². The van der Waals surface area contributed by atoms with Gasteiger partial charge < -0.3 is 4.90 Å². The summed E-state index contributed by atoms with van der Waals surface area (Å²) in [6, 6.07) is 5.23. The van der Waals surface area contributed by atoms with Crippen LogP contribution in [0, 0.1) is 5.41 Å². The first-order valence-electron chi connectivity index (χ1n) is 9.12. The quantitative estimate of drug-likeness (QED) is 0.828. The second-order valence-corrected chi connectivity index (χ2v) is 10.2. The Hall–Kier alpha value is -1.40. The lowest BCUT2D eigenvalue weighted by Crippen LogP contribution is -2.35. The Morgan fingerprint density at radius 1 is 1.08 bits per heavy atom. The van der Waals surface area contributed by atoms with E-state index in [1.165, 1.54) is 0 Å². The van der Waals surface area contributed by atoms with Gasteiger partial charge in [-0.05, 0) is 48.4 Å². The second-order valence-electron chi connectivity index (χ2n) is 8.29. The van der Waals surface area contributed by atoms with Crippen LogP contribution in [-0.2, 0) is 21.2 Å². The topological polar surface area (TPSA) is 57.7 Å². The summed E-state index contributed by atoms with van der Waals surface area (Å²) in [7, 11) is -3.42. The summed E-state index contributed by atoms with van der Waals surface area (Å²) in [5, 5.41) is 0. The van der Waals surface area contributed by atoms with Crippen molar-refractivity contribution in [2.24, 2.45) is 5.41 Å². The summed E-state index contributed by atoms with van der Waals surface area (Å²) in [5.41, 5.74) is 1.77. The summed E-state index contributed by atoms with van der Waals surface area (Å²) < 4.78 is 27.3. The van der Waals surface area contributed by atoms with Gasteiger partial charge in [0.1, 0.15) is 0 Å². The highest BCUT2D eigenvalue weighted by Crippen LogP contribution is 2.33. The Balaban J connectivity index is 1.83. The van der Waals surface area contributed by atoms with Crippen molar-refractivity contribution in [1.29, 1.82) is 0 Å². The van der Waals surface area contributed by atoms with Crippen LogP contribution >= 0.6 is 0 Å². The molecule has 1 fully saturated rings. The molecule has 0 radical (unpaired) electrons. The van der Waals surface area contributed by atoms with Crippen molar-refractivity contribution >= 4 is 21.6 Å². The van der Waals surface area contributed by atoms with E-state index in [4.69, 9.17) is 0 Å². The van der Waals surface area contributed by atoms with Crippen LogP contribution in [0.3, 0.4) is 0 Å². The monoisotopic (exact) mass is 364 g/mol. The smallest absolute Gasteiger partial charge is 0.243 e. The molecule has 0 aromatic heterocycles. The van der Waals surface area contributed by atoms with Gasteiger partial charge in [0.25, 0.3) is 0 Å². The molecule has 2 aliphatic heterocycles. The Morgan fingerprint density at radius 3 is 2.40 bits per heavy atom. The van der Waals surface area contributed by atoms with Crippen molar-refractivity contribution in [1.82, 2.24) is 4.31 Å². The molecule has 0 atom stereocenters. The molecule has 0 saturated carbocycles. The zero-order valence-electron chi connectivity index (χ0n) is 15.4. The molecule has 0 bridgehead atoms. The Labute approximate surface area is 151 Å². The minimum atomic E-state index is -3.42. The minimum Gasteiger partial charge on any atom is -0.312 e. The largest absolute Gasteiger partial charge is 0.312 e. The lowest BCUT2D eigenvalue weighted by Gasteiger charge is -2.26. The molecular weight excluding hydrogens is 336 g/mol. The summed E-state index contributed by atoms with van der Waals surface area (Å²) in [5.74, 6) is 0.109. The van der Waals surface area contributed by atoms with E-state index >= 15 is 0 Å². The maximum absolute atomic E-state index is 12.8. The van der Waals surface area contributed by atoms with Gasteiger partial charge in [0.15, 0.2) is 0 Å². The number of hydrogen-bond donors (Lipinski definition) is 0. The Bertz CT molecular complexity index is 759. The van der Waals surface area contributed by atoms with E-state index in [0.29, 0.717) is 37.4 Å². The van der Waals surface area contributed by atoms with Crippen molar-refractivity contribution in [2.45, 2.75) is 57.8 Å². The van der Waals surface area contributed by atoms with Crippen LogP contribution in [0.15, 0.2) is 23.1 Å². The average Bonchev–Trinajstić information content (AvgIpc) is 2.97. The summed E-state index contributed by atoms with van der Waals surface area (Å²) in [6.07, 6.45) is 4.16. The average molecular weight is 365 g/mol. The van der Waals surface area contributed by atoms with E-state index in [2.05, 4.69) is 20.8 Å². The van der Waals surface area contributed by atoms with Gasteiger partial charge in [-0.15, -0.1) is 0 Å². The SMILES string of the molecule is CC(C)(C)CC(=O)N1CCc2cc(S(=O)(=O)N3CCCCC3)ccc21. The maximum atomic E-state index is 12.8. The van der Waals surface area contributed by atoms with E-state index < -0.39 is 10.0 Å². The molecule has 5 nitrogen and oxygen atoms in total. The molecule has 0 unspecified atom stereocenters. The maximum Gasteiger partial charge on any atom is 0.243 e. The van der Waals surface area contributed by atoms with E-state index in [0.717, 1.165) is 30.5 Å². The lowest BCUT2D eigenvalue weighted by molar-refractivity contribution is -0.120. The number of rotatable bonds is 3. The highest BCUT2D eigenvalue weighted by molar-refractivity contribution is 7.89. The molecule has 1 aromatic carbocycles. The van der Waals surface area contributed by atoms with Crippen LogP contribution < -0.4 is 4.90 Å². The second kappa shape index (κ2) is 6.72. The predicted molar refractivity (Wildman–Crippen MR) is 99.2 cm³/mol. The summed E-state index contributed by atoms with van der Waals surface area (Å²) in [6.45, 7) is 8.01. The number of sulfonamides is 1. The normalized spacial score (nSPS) is 19.1. The van der Waals surface area contributed by atoms with Gasteiger partial charge in [0.05, 0.1) is 4.90 Å². The van der Waals surface area contributed by atoms with Gasteiger partial charge in [-0.1, -0.05) is 27.2 Å². The zero-order valence-corrected chi connectivity index (χ0v) is 16.2. The van der Waals surface area contributed by atoms with Crippen LogP contribution in [0.25, 0.3) is 0 Å². The molecule has 1 aromatic rings. The van der Waals surface area contributed by atoms with Gasteiger partial charge >= 0.3 is 0 Å². The number of nitrogens with zero attached hydrogens (tertiary/aromatic N) is 2. The highest BCUT2D eigenvalue weighted by Gasteiger charge is 2.31. The van der Waals surface area contributed by atoms with Gasteiger partial charge in [-0.25, -0.2) is 8.42 Å². The molecule has 6 heteroatoms. The molecule has 1 amide bonds. The number of carbonyl (C=O) groups is 1. The highest BCUT2D eigenvalue weighted by atomic mass is 32.2. The lowest BCUT2D eigenvalue weighted by atomic mass is 9.91. The molecule has 0 aliphatic carbocycles. The first-order valence-corrected chi connectivity index (χ1v) is 10.6. The van der Waals surface area contributed by atoms with Crippen LogP contribution in [0.2, 0.25) is 0 Å². The van der Waals surface area contributed by atoms with E-state index in [1.807, 2.05) is 0 Å². The van der Waals surface area contributed by atoms with Crippen LogP contribution in [0.5, 0.6) is 0 Å². The zero-order chi connectivity index (χ0) is 18.2. The first-order chi connectivity index (χ1) is 11.7. The fourth-order valence-corrected chi connectivity index (χ4v) is 5.17. The number of hydrogen-bond acceptors (Lipinski definition) is 3. The van der Waals surface area contributed by atoms with E-state index in [9.17, 15) is 13.2 Å². The summed E-state index contributed by atoms with van der Waals surface area (Å²) >= 11 is 0. The van der Waals surface area contributed by atoms with Crippen LogP contribution in [-0.4, -0.2) is 38.3 Å². The molecular formula is C19H28N2O3S. The molecule has 138 valence electrons. The molecule has 2 aliphatic rings. The molecule has 0 N–H and O–H groups in total. The minimum absolute atomic E-state index is 0.0582. The van der Waals surface area contributed by atoms with Crippen molar-refractivity contribution in [3.05, 3.63) is 23.8 Å². The number of anilines is 1. The number of piperidine rings is 1. The van der Waals surface area contributed by atoms with Gasteiger partial charge in [0.2, 0.25) is 15.9 Å². The Morgan fingerprint density at radius 2 is 1.76 bits per heavy atom. The molecule has 1 saturated heterocycles. The van der Waals surface area contributed by atoms with Crippen LogP contribution in [0.1, 0.15) is 52.0 Å². The number of benzene rings is 1. The number of carbonyl (C=O) groups excluding carboxylic acids is 1. The fraction of sp³-hybridized carbons (Fsp3) is 0.632. The number of fused-ring (bicyclic) bond motifs is 1. The standard InChI is InChI=1S/C19H28N2O3S/c1-19(2,3)14-18(22)21-12-9-15-13-16(7-8-17(15)21)25(23,24)20-10-5-4-6-11-20/h7-8,13H,4-6,9-12,14H2,1-3H3. The third-order valence-corrected chi connectivity index (χ3v) is 6.78. The molecule has 3 rings (SSSR count). The molecule has 0 spiro atoms. The van der Waals surface area contributed by atoms with Crippen LogP contribution in [0.4, 0.5) is 5.69 Å². The van der Waals surface area contributed by atoms with E-state index in [-0.39, 0.29) is 11.3 Å². The molecule has 25 heavy (non-hydrogen) atoms. The predicted octanol–water partition coefficient (Wildman–Crippen LogP) is 3.19. The van der Waals surface area contributed by atoms with Gasteiger partial charge in [0, 0.05) is 31.7 Å². The fourth-order valence-electron chi connectivity index (χ4n) is 3.60. The number of amides is 1. The molecule has 2 heterocycles. The van der Waals surface area contributed by atoms with Crippen molar-refractivity contribution in [3.8, 4) is 0 Å². The van der Waals surface area contributed by atoms with E-state index in [1.54, 1.807) is 27.4 Å². The van der Waals surface area contributed by atoms with Crippen molar-refractivity contribution in [2.75, 3.05) is 24.5 Å². The Kier molecular flexibility index (Phi) is 4.95. The van der Waals surface area contributed by atoms with Crippen molar-refractivity contribution < 1.29 is 13.2 Å². The van der Waals surface area contributed by atoms with Gasteiger partial charge in [-0.2, -0.15) is 4.31 Å². The third-order valence-electron chi connectivity index (χ3n) is 4.88.